The molecule has 164 valence electrons. The zero-order valence-electron chi connectivity index (χ0n) is 18.6. The summed E-state index contributed by atoms with van der Waals surface area (Å²) in [5, 5.41) is 19.6. The SMILES string of the molecule is OB(O)c1cccc(N(c2cccc(-c3ccccc3)c2)c2cccc(-c3ccccc3)c2)c1. The molecule has 34 heavy (non-hydrogen) atoms. The molecule has 0 spiro atoms. The summed E-state index contributed by atoms with van der Waals surface area (Å²) in [6.07, 6.45) is 0. The normalized spacial score (nSPS) is 10.6. The van der Waals surface area contributed by atoms with E-state index in [1.807, 2.05) is 54.6 Å². The van der Waals surface area contributed by atoms with Crippen molar-refractivity contribution in [1.82, 2.24) is 0 Å². The van der Waals surface area contributed by atoms with Gasteiger partial charge in [-0.2, -0.15) is 0 Å². The third-order valence-corrected chi connectivity index (χ3v) is 5.85. The second-order valence-electron chi connectivity index (χ2n) is 8.14. The van der Waals surface area contributed by atoms with Gasteiger partial charge in [-0.3, -0.25) is 0 Å². The van der Waals surface area contributed by atoms with Crippen LogP contribution in [0.3, 0.4) is 0 Å². The zero-order chi connectivity index (χ0) is 23.3. The maximum Gasteiger partial charge on any atom is 0.488 e. The van der Waals surface area contributed by atoms with E-state index in [0.29, 0.717) is 5.46 Å². The van der Waals surface area contributed by atoms with Crippen LogP contribution in [0.2, 0.25) is 0 Å². The van der Waals surface area contributed by atoms with E-state index < -0.39 is 7.12 Å². The van der Waals surface area contributed by atoms with Gasteiger partial charge in [-0.25, -0.2) is 0 Å². The van der Waals surface area contributed by atoms with Gasteiger partial charge in [0.1, 0.15) is 0 Å². The maximum atomic E-state index is 9.79. The summed E-state index contributed by atoms with van der Waals surface area (Å²) in [7, 11) is -1.53. The van der Waals surface area contributed by atoms with Crippen LogP contribution in [0, 0.1) is 0 Å². The molecule has 0 bridgehead atoms. The van der Waals surface area contributed by atoms with Crippen LogP contribution in [0.5, 0.6) is 0 Å². The van der Waals surface area contributed by atoms with Gasteiger partial charge >= 0.3 is 7.12 Å². The van der Waals surface area contributed by atoms with Gasteiger partial charge < -0.3 is 14.9 Å². The van der Waals surface area contributed by atoms with E-state index in [1.165, 1.54) is 0 Å². The molecule has 0 fully saturated rings. The second kappa shape index (κ2) is 9.80. The maximum absolute atomic E-state index is 9.79. The molecule has 0 amide bonds. The first-order valence-corrected chi connectivity index (χ1v) is 11.3. The van der Waals surface area contributed by atoms with Crippen LogP contribution in [-0.2, 0) is 0 Å². The summed E-state index contributed by atoms with van der Waals surface area (Å²) in [5.74, 6) is 0. The van der Waals surface area contributed by atoms with Crippen molar-refractivity contribution in [2.24, 2.45) is 0 Å². The first-order chi connectivity index (χ1) is 16.7. The summed E-state index contributed by atoms with van der Waals surface area (Å²) in [6, 6.07) is 44.7. The fourth-order valence-electron chi connectivity index (χ4n) is 4.18. The summed E-state index contributed by atoms with van der Waals surface area (Å²) < 4.78 is 0. The smallest absolute Gasteiger partial charge is 0.423 e. The van der Waals surface area contributed by atoms with E-state index in [9.17, 15) is 10.0 Å². The van der Waals surface area contributed by atoms with Crippen molar-refractivity contribution in [2.75, 3.05) is 4.90 Å². The number of anilines is 3. The Balaban J connectivity index is 1.66. The highest BCUT2D eigenvalue weighted by Crippen LogP contribution is 2.37. The van der Waals surface area contributed by atoms with Crippen molar-refractivity contribution in [1.29, 1.82) is 0 Å². The Morgan fingerprint density at radius 2 is 0.824 bits per heavy atom. The van der Waals surface area contributed by atoms with Crippen LogP contribution in [0.25, 0.3) is 22.3 Å². The van der Waals surface area contributed by atoms with Gasteiger partial charge in [0.2, 0.25) is 0 Å². The number of hydrogen-bond donors (Lipinski definition) is 2. The minimum absolute atomic E-state index is 0.445. The Morgan fingerprint density at radius 3 is 1.29 bits per heavy atom. The Morgan fingerprint density at radius 1 is 0.412 bits per heavy atom. The molecular formula is C30H24BNO2. The third kappa shape index (κ3) is 4.64. The molecule has 0 aliphatic rings. The summed E-state index contributed by atoms with van der Waals surface area (Å²) >= 11 is 0. The Kier molecular flexibility index (Phi) is 6.26. The molecule has 0 aliphatic carbocycles. The average molecular weight is 441 g/mol. The molecular weight excluding hydrogens is 417 g/mol. The number of hydrogen-bond acceptors (Lipinski definition) is 3. The predicted octanol–water partition coefficient (Wildman–Crippen LogP) is 6.17. The van der Waals surface area contributed by atoms with Crippen LogP contribution >= 0.6 is 0 Å². The molecule has 0 unspecified atom stereocenters. The van der Waals surface area contributed by atoms with E-state index in [1.54, 1.807) is 6.07 Å². The summed E-state index contributed by atoms with van der Waals surface area (Å²) in [6.45, 7) is 0. The minimum atomic E-state index is -1.53. The first-order valence-electron chi connectivity index (χ1n) is 11.3. The van der Waals surface area contributed by atoms with Crippen LogP contribution in [0.15, 0.2) is 133 Å². The molecule has 5 aromatic carbocycles. The van der Waals surface area contributed by atoms with Gasteiger partial charge in [-0.15, -0.1) is 0 Å². The monoisotopic (exact) mass is 441 g/mol. The predicted molar refractivity (Wildman–Crippen MR) is 142 cm³/mol. The van der Waals surface area contributed by atoms with Crippen molar-refractivity contribution >= 4 is 29.6 Å². The Labute approximate surface area is 200 Å². The highest BCUT2D eigenvalue weighted by atomic mass is 16.4. The summed E-state index contributed by atoms with van der Waals surface area (Å²) in [4.78, 5) is 2.14. The molecule has 0 aromatic heterocycles. The van der Waals surface area contributed by atoms with Crippen molar-refractivity contribution in [3.05, 3.63) is 133 Å². The highest BCUT2D eigenvalue weighted by Gasteiger charge is 2.17. The second-order valence-corrected chi connectivity index (χ2v) is 8.14. The van der Waals surface area contributed by atoms with Gasteiger partial charge in [0, 0.05) is 17.1 Å². The number of benzene rings is 5. The summed E-state index contributed by atoms with van der Waals surface area (Å²) in [5.41, 5.74) is 7.76. The van der Waals surface area contributed by atoms with Crippen LogP contribution in [0.4, 0.5) is 17.1 Å². The zero-order valence-corrected chi connectivity index (χ0v) is 18.6. The fourth-order valence-corrected chi connectivity index (χ4v) is 4.18. The van der Waals surface area contributed by atoms with E-state index in [0.717, 1.165) is 39.3 Å². The lowest BCUT2D eigenvalue weighted by Crippen LogP contribution is -2.30. The van der Waals surface area contributed by atoms with E-state index in [4.69, 9.17) is 0 Å². The van der Waals surface area contributed by atoms with Gasteiger partial charge in [0.15, 0.2) is 0 Å². The van der Waals surface area contributed by atoms with E-state index >= 15 is 0 Å². The average Bonchev–Trinajstić information content (AvgIpc) is 2.90. The lowest BCUT2D eigenvalue weighted by molar-refractivity contribution is 0.426. The number of rotatable bonds is 6. The Bertz CT molecular complexity index is 1300. The fraction of sp³-hybridized carbons (Fsp3) is 0. The standard InChI is InChI=1S/C30H24BNO2/c33-31(34)27-16-9-19-30(22-27)32(28-17-7-14-25(20-28)23-10-3-1-4-11-23)29-18-8-15-26(21-29)24-12-5-2-6-13-24/h1-22,33-34H. The molecule has 0 aliphatic heterocycles. The number of nitrogens with zero attached hydrogens (tertiary/aromatic N) is 1. The lowest BCUT2D eigenvalue weighted by Gasteiger charge is -2.27. The van der Waals surface area contributed by atoms with Crippen LogP contribution < -0.4 is 10.4 Å². The molecule has 5 rings (SSSR count). The van der Waals surface area contributed by atoms with Crippen LogP contribution in [-0.4, -0.2) is 17.2 Å². The molecule has 5 aromatic rings. The molecule has 4 heteroatoms. The van der Waals surface area contributed by atoms with Crippen molar-refractivity contribution in [3.63, 3.8) is 0 Å². The van der Waals surface area contributed by atoms with Gasteiger partial charge in [0.05, 0.1) is 0 Å². The highest BCUT2D eigenvalue weighted by molar-refractivity contribution is 6.58. The molecule has 0 atom stereocenters. The molecule has 0 heterocycles. The molecule has 0 radical (unpaired) electrons. The molecule has 2 N–H and O–H groups in total. The van der Waals surface area contributed by atoms with E-state index in [-0.39, 0.29) is 0 Å². The third-order valence-electron chi connectivity index (χ3n) is 5.85. The first kappa shape index (κ1) is 21.7. The largest absolute Gasteiger partial charge is 0.488 e. The molecule has 0 saturated heterocycles. The quantitative estimate of drug-likeness (QED) is 0.310. The molecule has 0 saturated carbocycles. The molecule has 3 nitrogen and oxygen atoms in total. The van der Waals surface area contributed by atoms with Gasteiger partial charge in [-0.05, 0) is 64.1 Å². The van der Waals surface area contributed by atoms with E-state index in [2.05, 4.69) is 77.7 Å². The van der Waals surface area contributed by atoms with Crippen molar-refractivity contribution < 1.29 is 10.0 Å². The van der Waals surface area contributed by atoms with Gasteiger partial charge in [0.25, 0.3) is 0 Å². The Hall–Kier alpha value is -4.12. The van der Waals surface area contributed by atoms with Crippen molar-refractivity contribution in [2.45, 2.75) is 0 Å². The minimum Gasteiger partial charge on any atom is -0.423 e. The van der Waals surface area contributed by atoms with Gasteiger partial charge in [-0.1, -0.05) is 97.1 Å². The van der Waals surface area contributed by atoms with Crippen LogP contribution in [0.1, 0.15) is 0 Å². The lowest BCUT2D eigenvalue weighted by atomic mass is 9.80. The van der Waals surface area contributed by atoms with Crippen molar-refractivity contribution in [3.8, 4) is 22.3 Å². The topological polar surface area (TPSA) is 43.7 Å².